The highest BCUT2D eigenvalue weighted by Gasteiger charge is 2.22. The van der Waals surface area contributed by atoms with Gasteiger partial charge in [0.1, 0.15) is 0 Å². The van der Waals surface area contributed by atoms with Gasteiger partial charge in [0.15, 0.2) is 0 Å². The number of hydroxylamine groups is 1. The Bertz CT molecular complexity index is 445. The van der Waals surface area contributed by atoms with Gasteiger partial charge in [-0.3, -0.25) is 9.63 Å². The molecule has 0 saturated heterocycles. The number of fused-ring (bicyclic) bond motifs is 1. The van der Waals surface area contributed by atoms with E-state index in [2.05, 4.69) is 10.5 Å². The zero-order valence-corrected chi connectivity index (χ0v) is 10.7. The van der Waals surface area contributed by atoms with Crippen LogP contribution in [0.4, 0.5) is 0 Å². The molecule has 0 bridgehead atoms. The topological polar surface area (TPSA) is 54.1 Å². The number of aryl methyl sites for hydroxylation is 1. The van der Waals surface area contributed by atoms with E-state index in [4.69, 9.17) is 4.84 Å². The summed E-state index contributed by atoms with van der Waals surface area (Å²) in [6.07, 6.45) is 3.05. The molecule has 2 N–H and O–H groups in total. The maximum Gasteiger partial charge on any atom is 0.248 e. The van der Waals surface area contributed by atoms with Crippen LogP contribution in [0, 0.1) is 0 Å². The lowest BCUT2D eigenvalue weighted by molar-refractivity contribution is -0.0912. The zero-order valence-electron chi connectivity index (χ0n) is 10.7. The highest BCUT2D eigenvalue weighted by Crippen LogP contribution is 2.28. The van der Waals surface area contributed by atoms with Gasteiger partial charge in [-0.2, -0.15) is 5.48 Å². The van der Waals surface area contributed by atoms with E-state index in [9.17, 15) is 4.79 Å². The van der Waals surface area contributed by atoms with Crippen LogP contribution in [0.15, 0.2) is 16.9 Å². The lowest BCUT2D eigenvalue weighted by Crippen LogP contribution is -2.34. The molecule has 0 radical (unpaired) electrons. The summed E-state index contributed by atoms with van der Waals surface area (Å²) in [6.45, 7) is 6.03. The van der Waals surface area contributed by atoms with Gasteiger partial charge >= 0.3 is 0 Å². The summed E-state index contributed by atoms with van der Waals surface area (Å²) in [5.74, 6) is 0. The van der Waals surface area contributed by atoms with Gasteiger partial charge in [0.2, 0.25) is 5.56 Å². The van der Waals surface area contributed by atoms with Crippen LogP contribution in [-0.4, -0.2) is 10.6 Å². The quantitative estimate of drug-likeness (QED) is 0.773. The van der Waals surface area contributed by atoms with E-state index in [0.717, 1.165) is 30.5 Å². The Labute approximate surface area is 101 Å². The zero-order chi connectivity index (χ0) is 12.5. The Morgan fingerprint density at radius 2 is 2.18 bits per heavy atom. The van der Waals surface area contributed by atoms with Crippen molar-refractivity contribution in [3.63, 3.8) is 0 Å². The van der Waals surface area contributed by atoms with E-state index in [1.165, 1.54) is 0 Å². The van der Waals surface area contributed by atoms with E-state index in [-0.39, 0.29) is 17.2 Å². The molecule has 0 aromatic carbocycles. The molecule has 1 aliphatic rings. The number of pyridine rings is 1. The predicted molar refractivity (Wildman–Crippen MR) is 66.7 cm³/mol. The molecule has 1 unspecified atom stereocenters. The van der Waals surface area contributed by atoms with Crippen LogP contribution in [-0.2, 0) is 11.3 Å². The minimum atomic E-state index is -0.209. The average molecular weight is 236 g/mol. The molecule has 0 aliphatic heterocycles. The Hall–Kier alpha value is -1.13. The maximum absolute atomic E-state index is 11.3. The van der Waals surface area contributed by atoms with Crippen LogP contribution in [0.2, 0.25) is 0 Å². The highest BCUT2D eigenvalue weighted by atomic mass is 16.7. The maximum atomic E-state index is 11.3. The van der Waals surface area contributed by atoms with Gasteiger partial charge in [-0.05, 0) is 45.6 Å². The van der Waals surface area contributed by atoms with E-state index in [1.54, 1.807) is 6.07 Å². The van der Waals surface area contributed by atoms with Crippen molar-refractivity contribution in [1.29, 1.82) is 0 Å². The number of aromatic amines is 1. The molecule has 1 aromatic rings. The lowest BCUT2D eigenvalue weighted by atomic mass is 9.92. The molecule has 1 aromatic heterocycles. The van der Waals surface area contributed by atoms with E-state index < -0.39 is 0 Å². The van der Waals surface area contributed by atoms with Gasteiger partial charge in [0, 0.05) is 11.8 Å². The van der Waals surface area contributed by atoms with Crippen molar-refractivity contribution in [2.45, 2.75) is 51.7 Å². The molecule has 1 aliphatic carbocycles. The van der Waals surface area contributed by atoms with Crippen molar-refractivity contribution < 1.29 is 4.84 Å². The van der Waals surface area contributed by atoms with Crippen molar-refractivity contribution in [1.82, 2.24) is 10.5 Å². The third-order valence-corrected chi connectivity index (χ3v) is 2.84. The molecule has 4 nitrogen and oxygen atoms in total. The van der Waals surface area contributed by atoms with Crippen LogP contribution < -0.4 is 11.0 Å². The third-order valence-electron chi connectivity index (χ3n) is 2.84. The summed E-state index contributed by atoms with van der Waals surface area (Å²) in [6, 6.07) is 3.65. The molecule has 0 saturated carbocycles. The first-order valence-electron chi connectivity index (χ1n) is 6.11. The molecule has 4 heteroatoms. The second-order valence-corrected chi connectivity index (χ2v) is 5.53. The van der Waals surface area contributed by atoms with Gasteiger partial charge in [0.25, 0.3) is 0 Å². The van der Waals surface area contributed by atoms with E-state index in [1.807, 2.05) is 26.8 Å². The van der Waals surface area contributed by atoms with Gasteiger partial charge in [-0.15, -0.1) is 0 Å². The molecule has 94 valence electrons. The predicted octanol–water partition coefficient (Wildman–Crippen LogP) is 2.07. The van der Waals surface area contributed by atoms with Crippen molar-refractivity contribution in [3.05, 3.63) is 33.7 Å². The summed E-state index contributed by atoms with van der Waals surface area (Å²) in [7, 11) is 0. The number of hydrogen-bond acceptors (Lipinski definition) is 3. The first kappa shape index (κ1) is 12.3. The summed E-state index contributed by atoms with van der Waals surface area (Å²) < 4.78 is 0. The first-order chi connectivity index (χ1) is 7.96. The molecule has 0 spiro atoms. The normalized spacial score (nSPS) is 20.1. The monoisotopic (exact) mass is 236 g/mol. The van der Waals surface area contributed by atoms with Crippen molar-refractivity contribution >= 4 is 0 Å². The van der Waals surface area contributed by atoms with Crippen LogP contribution in [0.3, 0.4) is 0 Å². The summed E-state index contributed by atoms with van der Waals surface area (Å²) in [4.78, 5) is 19.8. The second kappa shape index (κ2) is 4.63. The fourth-order valence-electron chi connectivity index (χ4n) is 2.07. The highest BCUT2D eigenvalue weighted by molar-refractivity contribution is 5.25. The smallest absolute Gasteiger partial charge is 0.248 e. The number of H-pyrrole nitrogens is 1. The minimum absolute atomic E-state index is 0.0267. The van der Waals surface area contributed by atoms with Crippen LogP contribution in [0.25, 0.3) is 0 Å². The number of aromatic nitrogens is 1. The largest absolute Gasteiger partial charge is 0.326 e. The molecule has 1 heterocycles. The molecule has 17 heavy (non-hydrogen) atoms. The van der Waals surface area contributed by atoms with Gasteiger partial charge in [0.05, 0.1) is 11.6 Å². The summed E-state index contributed by atoms with van der Waals surface area (Å²) in [5.41, 5.74) is 5.07. The molecule has 0 amide bonds. The summed E-state index contributed by atoms with van der Waals surface area (Å²) in [5, 5.41) is 0. The molecular weight excluding hydrogens is 216 g/mol. The van der Waals surface area contributed by atoms with Gasteiger partial charge in [-0.1, -0.05) is 6.07 Å². The van der Waals surface area contributed by atoms with Crippen LogP contribution in [0.5, 0.6) is 0 Å². The van der Waals surface area contributed by atoms with Crippen LogP contribution >= 0.6 is 0 Å². The fraction of sp³-hybridized carbons (Fsp3) is 0.615. The molecule has 1 atom stereocenters. The van der Waals surface area contributed by atoms with Crippen LogP contribution in [0.1, 0.15) is 50.9 Å². The number of hydrogen-bond donors (Lipinski definition) is 2. The average Bonchev–Trinajstić information content (AvgIpc) is 2.24. The van der Waals surface area contributed by atoms with E-state index >= 15 is 0 Å². The standard InChI is InChI=1S/C13H20N2O2/c1-13(2,3)17-15-11-6-4-5-10-9(11)7-8-12(16)14-10/h7-8,11,15H,4-6H2,1-3H3,(H,14,16). The Balaban J connectivity index is 2.15. The summed E-state index contributed by atoms with van der Waals surface area (Å²) >= 11 is 0. The fourth-order valence-corrected chi connectivity index (χ4v) is 2.07. The Morgan fingerprint density at radius 3 is 2.88 bits per heavy atom. The van der Waals surface area contributed by atoms with Gasteiger partial charge in [-0.25, -0.2) is 0 Å². The van der Waals surface area contributed by atoms with Crippen molar-refractivity contribution in [2.24, 2.45) is 0 Å². The molecular formula is C13H20N2O2. The Kier molecular flexibility index (Phi) is 3.35. The first-order valence-corrected chi connectivity index (χ1v) is 6.11. The lowest BCUT2D eigenvalue weighted by Gasteiger charge is -2.29. The molecule has 2 rings (SSSR count). The SMILES string of the molecule is CC(C)(C)ONC1CCCc2[nH]c(=O)ccc21. The van der Waals surface area contributed by atoms with Gasteiger partial charge < -0.3 is 4.98 Å². The van der Waals surface area contributed by atoms with E-state index in [0.29, 0.717) is 0 Å². The number of rotatable bonds is 2. The second-order valence-electron chi connectivity index (χ2n) is 5.53. The Morgan fingerprint density at radius 1 is 1.41 bits per heavy atom. The third kappa shape index (κ3) is 3.17. The van der Waals surface area contributed by atoms with Crippen molar-refractivity contribution in [2.75, 3.05) is 0 Å². The minimum Gasteiger partial charge on any atom is -0.326 e. The molecule has 0 fully saturated rings. The number of nitrogens with one attached hydrogen (secondary N) is 2. The van der Waals surface area contributed by atoms with Crippen molar-refractivity contribution in [3.8, 4) is 0 Å².